The highest BCUT2D eigenvalue weighted by atomic mass is 35.5. The van der Waals surface area contributed by atoms with Crippen molar-refractivity contribution in [3.05, 3.63) is 40.7 Å². The molecule has 0 atom stereocenters. The van der Waals surface area contributed by atoms with Gasteiger partial charge in [0.05, 0.1) is 0 Å². The first kappa shape index (κ1) is 12.6. The number of carbonyl (C=O) groups excluding carboxylic acids is 1. The number of aryl methyl sites for hydroxylation is 1. The molecule has 0 aromatic heterocycles. The quantitative estimate of drug-likeness (QED) is 0.460. The Balaban J connectivity index is 2.86. The number of aldehydes is 1. The second-order valence-corrected chi connectivity index (χ2v) is 4.03. The minimum absolute atomic E-state index is 0.256. The van der Waals surface area contributed by atoms with Crippen molar-refractivity contribution in [2.45, 2.75) is 6.92 Å². The fourth-order valence-corrected chi connectivity index (χ4v) is 1.27. The van der Waals surface area contributed by atoms with Crippen LogP contribution in [-0.2, 0) is 4.79 Å². The van der Waals surface area contributed by atoms with Gasteiger partial charge in [-0.2, -0.15) is 0 Å². The first-order valence-corrected chi connectivity index (χ1v) is 5.18. The topological polar surface area (TPSA) is 29.5 Å². The molecular weight excluding hydrogens is 226 g/mol. The van der Waals surface area contributed by atoms with E-state index in [1.165, 1.54) is 0 Å². The highest BCUT2D eigenvalue weighted by Crippen LogP contribution is 2.22. The normalized spacial score (nSPS) is 11.1. The van der Waals surface area contributed by atoms with Crippen molar-refractivity contribution >= 4 is 17.9 Å². The van der Waals surface area contributed by atoms with Crippen LogP contribution in [0.2, 0.25) is 5.02 Å². The van der Waals surface area contributed by atoms with Crippen molar-refractivity contribution in [3.63, 3.8) is 0 Å². The Bertz CT molecular complexity index is 413. The molecule has 1 aromatic carbocycles. The molecule has 0 aliphatic heterocycles. The Hall–Kier alpha value is -1.48. The summed E-state index contributed by atoms with van der Waals surface area (Å²) in [6.45, 7) is 1.88. The molecule has 0 heterocycles. The molecule has 0 spiro atoms. The second kappa shape index (κ2) is 5.56. The van der Waals surface area contributed by atoms with Crippen molar-refractivity contribution in [1.29, 1.82) is 0 Å². The Labute approximate surface area is 100 Å². The number of ether oxygens (including phenoxy) is 1. The maximum atomic E-state index is 10.8. The van der Waals surface area contributed by atoms with Gasteiger partial charge in [0, 0.05) is 25.3 Å². The summed E-state index contributed by atoms with van der Waals surface area (Å²) in [4.78, 5) is 12.5. The second-order valence-electron chi connectivity index (χ2n) is 3.63. The Kier molecular flexibility index (Phi) is 4.38. The van der Waals surface area contributed by atoms with Crippen LogP contribution in [0.5, 0.6) is 5.75 Å². The van der Waals surface area contributed by atoms with Gasteiger partial charge >= 0.3 is 0 Å². The van der Waals surface area contributed by atoms with Crippen LogP contribution >= 0.6 is 11.6 Å². The van der Waals surface area contributed by atoms with Crippen LogP contribution in [0.3, 0.4) is 0 Å². The van der Waals surface area contributed by atoms with Gasteiger partial charge in [0.25, 0.3) is 0 Å². The van der Waals surface area contributed by atoms with E-state index in [1.807, 2.05) is 21.0 Å². The zero-order valence-corrected chi connectivity index (χ0v) is 10.3. The Morgan fingerprint density at radius 1 is 1.44 bits per heavy atom. The smallest absolute Gasteiger partial charge is 0.186 e. The largest absolute Gasteiger partial charge is 0.452 e. The van der Waals surface area contributed by atoms with Gasteiger partial charge in [0.15, 0.2) is 12.0 Å². The molecule has 4 heteroatoms. The van der Waals surface area contributed by atoms with E-state index in [0.717, 1.165) is 5.56 Å². The molecule has 0 N–H and O–H groups in total. The van der Waals surface area contributed by atoms with Crippen molar-refractivity contribution in [2.75, 3.05) is 14.1 Å². The summed E-state index contributed by atoms with van der Waals surface area (Å²) in [5.41, 5.74) is 0.911. The first-order valence-electron chi connectivity index (χ1n) is 4.80. The molecule has 0 unspecified atom stereocenters. The summed E-state index contributed by atoms with van der Waals surface area (Å²) >= 11 is 5.89. The van der Waals surface area contributed by atoms with E-state index in [1.54, 1.807) is 29.3 Å². The number of carbonyl (C=O) groups is 1. The molecule has 0 amide bonds. The molecule has 0 aliphatic rings. The third-order valence-electron chi connectivity index (χ3n) is 1.87. The van der Waals surface area contributed by atoms with Gasteiger partial charge < -0.3 is 9.64 Å². The number of rotatable bonds is 4. The third-order valence-corrected chi connectivity index (χ3v) is 2.29. The van der Waals surface area contributed by atoms with E-state index in [2.05, 4.69) is 0 Å². The van der Waals surface area contributed by atoms with Crippen LogP contribution in [0.1, 0.15) is 5.56 Å². The fraction of sp³-hybridized carbons (Fsp3) is 0.250. The highest BCUT2D eigenvalue weighted by Gasteiger charge is 2.02. The van der Waals surface area contributed by atoms with E-state index >= 15 is 0 Å². The van der Waals surface area contributed by atoms with Crippen molar-refractivity contribution < 1.29 is 9.53 Å². The lowest BCUT2D eigenvalue weighted by atomic mass is 10.2. The average molecular weight is 240 g/mol. The molecule has 1 rings (SSSR count). The number of halogens is 1. The number of hydrogen-bond donors (Lipinski definition) is 0. The van der Waals surface area contributed by atoms with Gasteiger partial charge in [-0.1, -0.05) is 11.6 Å². The molecule has 0 fully saturated rings. The lowest BCUT2D eigenvalue weighted by Gasteiger charge is -2.09. The molecule has 0 bridgehead atoms. The van der Waals surface area contributed by atoms with Gasteiger partial charge in [0.1, 0.15) is 5.75 Å². The minimum atomic E-state index is 0.256. The van der Waals surface area contributed by atoms with Crippen molar-refractivity contribution in [1.82, 2.24) is 4.90 Å². The third kappa shape index (κ3) is 3.59. The highest BCUT2D eigenvalue weighted by molar-refractivity contribution is 6.31. The first-order chi connectivity index (χ1) is 7.52. The summed E-state index contributed by atoms with van der Waals surface area (Å²) in [6.07, 6.45) is 2.28. The van der Waals surface area contributed by atoms with Crippen molar-refractivity contribution in [3.8, 4) is 5.75 Å². The van der Waals surface area contributed by atoms with Crippen LogP contribution in [0.25, 0.3) is 0 Å². The Morgan fingerprint density at radius 3 is 2.62 bits per heavy atom. The maximum absolute atomic E-state index is 10.8. The van der Waals surface area contributed by atoms with Gasteiger partial charge in [-0.3, -0.25) is 4.79 Å². The SMILES string of the molecule is Cc1cc(O/C(C=O)=C\N(C)C)ccc1Cl. The van der Waals surface area contributed by atoms with E-state index < -0.39 is 0 Å². The fourth-order valence-electron chi connectivity index (χ4n) is 1.15. The van der Waals surface area contributed by atoms with Crippen LogP contribution < -0.4 is 4.74 Å². The summed E-state index contributed by atoms with van der Waals surface area (Å²) in [6, 6.07) is 5.25. The predicted octanol–water partition coefficient (Wildman–Crippen LogP) is 2.63. The summed E-state index contributed by atoms with van der Waals surface area (Å²) in [5.74, 6) is 0.855. The zero-order chi connectivity index (χ0) is 12.1. The monoisotopic (exact) mass is 239 g/mol. The van der Waals surface area contributed by atoms with E-state index in [4.69, 9.17) is 16.3 Å². The van der Waals surface area contributed by atoms with Crippen LogP contribution in [0.4, 0.5) is 0 Å². The van der Waals surface area contributed by atoms with Crippen LogP contribution in [-0.4, -0.2) is 25.3 Å². The van der Waals surface area contributed by atoms with Gasteiger partial charge in [-0.15, -0.1) is 0 Å². The van der Waals surface area contributed by atoms with Gasteiger partial charge in [-0.25, -0.2) is 0 Å². The molecule has 1 aromatic rings. The standard InChI is InChI=1S/C12H14ClNO2/c1-9-6-10(4-5-12(9)13)16-11(8-15)7-14(2)3/h4-8H,1-3H3/b11-7-. The number of allylic oxidation sites excluding steroid dienone is 1. The number of nitrogens with zero attached hydrogens (tertiary/aromatic N) is 1. The van der Waals surface area contributed by atoms with Gasteiger partial charge in [0.2, 0.25) is 0 Å². The number of hydrogen-bond acceptors (Lipinski definition) is 3. The molecule has 0 radical (unpaired) electrons. The Morgan fingerprint density at radius 2 is 2.12 bits per heavy atom. The lowest BCUT2D eigenvalue weighted by Crippen LogP contribution is -2.07. The van der Waals surface area contributed by atoms with Gasteiger partial charge in [-0.05, 0) is 30.7 Å². The molecule has 0 saturated heterocycles. The molecule has 16 heavy (non-hydrogen) atoms. The molecular formula is C12H14ClNO2. The summed E-state index contributed by atoms with van der Waals surface area (Å²) < 4.78 is 5.40. The van der Waals surface area contributed by atoms with E-state index in [9.17, 15) is 4.79 Å². The van der Waals surface area contributed by atoms with Crippen LogP contribution in [0, 0.1) is 6.92 Å². The van der Waals surface area contributed by atoms with Crippen LogP contribution in [0.15, 0.2) is 30.2 Å². The average Bonchev–Trinajstić information content (AvgIpc) is 2.22. The lowest BCUT2D eigenvalue weighted by molar-refractivity contribution is -0.106. The molecule has 0 saturated carbocycles. The number of benzene rings is 1. The minimum Gasteiger partial charge on any atom is -0.452 e. The maximum Gasteiger partial charge on any atom is 0.186 e. The molecule has 86 valence electrons. The van der Waals surface area contributed by atoms with E-state index in [0.29, 0.717) is 17.1 Å². The van der Waals surface area contributed by atoms with E-state index in [-0.39, 0.29) is 5.76 Å². The summed E-state index contributed by atoms with van der Waals surface area (Å²) in [5, 5.41) is 0.677. The zero-order valence-electron chi connectivity index (χ0n) is 9.53. The van der Waals surface area contributed by atoms with Crippen molar-refractivity contribution in [2.24, 2.45) is 0 Å². The summed E-state index contributed by atoms with van der Waals surface area (Å²) in [7, 11) is 3.64. The molecule has 3 nitrogen and oxygen atoms in total. The predicted molar refractivity (Wildman–Crippen MR) is 64.7 cm³/mol. The molecule has 0 aliphatic carbocycles.